The van der Waals surface area contributed by atoms with Gasteiger partial charge in [0.15, 0.2) is 0 Å². The van der Waals surface area contributed by atoms with Gasteiger partial charge in [-0.1, -0.05) is 44.6 Å². The lowest BCUT2D eigenvalue weighted by Gasteiger charge is -2.57. The molecule has 10 fully saturated rings. The van der Waals surface area contributed by atoms with Gasteiger partial charge >= 0.3 is 0 Å². The number of carbonyl (C=O) groups is 2. The molecule has 3 N–H and O–H groups in total. The number of hydrogen-bond acceptors (Lipinski definition) is 8. The molecule has 10 aliphatic rings. The van der Waals surface area contributed by atoms with Crippen molar-refractivity contribution < 1.29 is 38.1 Å². The SMILES string of the molecule is C.C.C1COCCN1.C[C@]12CC[C@H]3[C@@H](CC[C@H]4C[C@@](O)(CF)CC[C@@H]43)[C@@H]1CC[C@@H]2C(=O)CBr.C[C@]12CC[C@H]3[C@@H](CC[C@H]4C[C@@](O)(CF)CC[C@@H]43)[C@@H]1CC[C@@H]2C(=O)CN1CCOCC1. The van der Waals surface area contributed by atoms with E-state index >= 15 is 0 Å². The highest BCUT2D eigenvalue weighted by Crippen LogP contribution is 2.66. The van der Waals surface area contributed by atoms with Crippen LogP contribution >= 0.6 is 15.9 Å². The molecule has 364 valence electrons. The predicted octanol–water partition coefficient (Wildman–Crippen LogP) is 9.66. The van der Waals surface area contributed by atoms with Crippen LogP contribution in [0.5, 0.6) is 0 Å². The Morgan fingerprint density at radius 3 is 1.46 bits per heavy atom. The average Bonchev–Trinajstić information content (AvgIpc) is 3.84. The molecule has 8 nitrogen and oxygen atoms in total. The van der Waals surface area contributed by atoms with E-state index in [1.165, 1.54) is 51.4 Å². The normalized spacial score (nSPS) is 46.4. The first kappa shape index (κ1) is 51.8. The van der Waals surface area contributed by atoms with E-state index in [-0.39, 0.29) is 37.5 Å². The van der Waals surface area contributed by atoms with Gasteiger partial charge in [0, 0.05) is 38.0 Å². The van der Waals surface area contributed by atoms with Crippen molar-refractivity contribution in [3.8, 4) is 0 Å². The molecule has 0 unspecified atom stereocenters. The van der Waals surface area contributed by atoms with Gasteiger partial charge in [-0.3, -0.25) is 14.5 Å². The number of hydrogen-bond donors (Lipinski definition) is 3. The third-order valence-electron chi connectivity index (χ3n) is 19.9. The standard InChI is InChI=1S/C25H40FNO3.C21H32BrFO2.C4H9NO.2CH4/c1-24-8-6-19-18-7-9-25(29,16-26)14-17(18)2-3-20(19)21(24)4-5-22(24)23(28)15-27-10-12-30-13-11-27;1-20-8-6-15-14-7-9-21(25,12-23)10-13(14)2-3-16(15)17(20)4-5-18(20)19(24)11-22;1-3-6-4-2-5-1;;/h17-22,29H,2-16H2,1H3;13-18,25H,2-12H2,1H3;5H,1-4H2;2*1H4/t17-,18-,19+,20+,21-,22+,24-,25+;13-,14-,15+,16+,17-,18+,20-,21+;;;/m00.../s1. The number of fused-ring (bicyclic) bond motifs is 10. The van der Waals surface area contributed by atoms with Crippen LogP contribution in [0.2, 0.25) is 0 Å². The number of nitrogens with one attached hydrogen (secondary N) is 1. The molecule has 10 rings (SSSR count). The fourth-order valence-electron chi connectivity index (χ4n) is 16.9. The van der Waals surface area contributed by atoms with E-state index in [1.54, 1.807) is 0 Å². The summed E-state index contributed by atoms with van der Waals surface area (Å²) in [5.74, 6) is 8.08. The van der Waals surface area contributed by atoms with E-state index in [9.17, 15) is 28.6 Å². The van der Waals surface area contributed by atoms with Crippen molar-refractivity contribution in [2.75, 3.05) is 77.8 Å². The second-order valence-electron chi connectivity index (χ2n) is 22.7. The average molecular weight is 956 g/mol. The molecule has 0 aromatic rings. The number of alkyl halides is 3. The lowest BCUT2D eigenvalue weighted by atomic mass is 9.49. The van der Waals surface area contributed by atoms with E-state index < -0.39 is 24.6 Å². The molecule has 11 heteroatoms. The van der Waals surface area contributed by atoms with E-state index in [2.05, 4.69) is 40.0 Å². The molecular formula is C52H89BrF2N2O6. The van der Waals surface area contributed by atoms with Gasteiger partial charge in [0.1, 0.15) is 24.9 Å². The van der Waals surface area contributed by atoms with E-state index in [1.807, 2.05) is 0 Å². The molecule has 0 aromatic carbocycles. The second-order valence-corrected chi connectivity index (χ2v) is 23.3. The number of ether oxygens (including phenoxy) is 2. The summed E-state index contributed by atoms with van der Waals surface area (Å²) in [4.78, 5) is 28.1. The zero-order valence-electron chi connectivity index (χ0n) is 37.7. The van der Waals surface area contributed by atoms with Gasteiger partial charge in [0.05, 0.1) is 49.5 Å². The zero-order valence-corrected chi connectivity index (χ0v) is 39.3. The molecule has 8 saturated carbocycles. The van der Waals surface area contributed by atoms with Crippen LogP contribution in [0.15, 0.2) is 0 Å². The summed E-state index contributed by atoms with van der Waals surface area (Å²) in [7, 11) is 0. The topological polar surface area (TPSA) is 108 Å². The number of Topliss-reactive ketones (excluding diaryl/α,β-unsaturated/α-hetero) is 2. The lowest BCUT2D eigenvalue weighted by Crippen LogP contribution is -2.52. The lowest BCUT2D eigenvalue weighted by molar-refractivity contribution is -0.135. The highest BCUT2D eigenvalue weighted by molar-refractivity contribution is 9.09. The summed E-state index contributed by atoms with van der Waals surface area (Å²) in [6.45, 7) is 11.4. The Bertz CT molecular complexity index is 1490. The van der Waals surface area contributed by atoms with Gasteiger partial charge in [-0.25, -0.2) is 8.78 Å². The minimum atomic E-state index is -1.05. The fraction of sp³-hybridized carbons (Fsp3) is 0.962. The largest absolute Gasteiger partial charge is 0.387 e. The van der Waals surface area contributed by atoms with Crippen LogP contribution in [0.3, 0.4) is 0 Å². The Kier molecular flexibility index (Phi) is 17.9. The Balaban J connectivity index is 0.000000182. The van der Waals surface area contributed by atoms with Crippen LogP contribution in [-0.2, 0) is 19.1 Å². The number of carbonyl (C=O) groups excluding carboxylic acids is 2. The molecule has 2 aliphatic heterocycles. The molecule has 0 aromatic heterocycles. The Hall–Kier alpha value is -0.560. The summed E-state index contributed by atoms with van der Waals surface area (Å²) < 4.78 is 37.1. The number of nitrogens with zero attached hydrogens (tertiary/aromatic N) is 1. The summed E-state index contributed by atoms with van der Waals surface area (Å²) >= 11 is 3.39. The highest BCUT2D eigenvalue weighted by Gasteiger charge is 2.60. The molecule has 2 heterocycles. The van der Waals surface area contributed by atoms with Crippen LogP contribution in [0.4, 0.5) is 8.78 Å². The maximum absolute atomic E-state index is 13.4. The number of rotatable bonds is 7. The van der Waals surface area contributed by atoms with Crippen LogP contribution in [0, 0.1) is 81.8 Å². The summed E-state index contributed by atoms with van der Waals surface area (Å²) in [6, 6.07) is 0. The first-order valence-electron chi connectivity index (χ1n) is 25.1. The van der Waals surface area contributed by atoms with Crippen molar-refractivity contribution in [3.63, 3.8) is 0 Å². The Morgan fingerprint density at radius 2 is 1.05 bits per heavy atom. The minimum absolute atomic E-state index is 0. The Morgan fingerprint density at radius 1 is 0.603 bits per heavy atom. The predicted molar refractivity (Wildman–Crippen MR) is 251 cm³/mol. The zero-order chi connectivity index (χ0) is 43.0. The number of halogens is 3. The quantitative estimate of drug-likeness (QED) is 0.217. The van der Waals surface area contributed by atoms with Crippen LogP contribution in [0.1, 0.15) is 144 Å². The molecule has 0 radical (unpaired) electrons. The van der Waals surface area contributed by atoms with Gasteiger partial charge in [-0.2, -0.15) is 0 Å². The maximum atomic E-state index is 13.4. The van der Waals surface area contributed by atoms with E-state index in [4.69, 9.17) is 9.47 Å². The first-order chi connectivity index (χ1) is 29.3. The third-order valence-corrected chi connectivity index (χ3v) is 20.5. The van der Waals surface area contributed by atoms with Gasteiger partial charge in [-0.05, 0) is 186 Å². The Labute approximate surface area is 389 Å². The number of morpholine rings is 2. The molecular weight excluding hydrogens is 866 g/mol. The van der Waals surface area contributed by atoms with Gasteiger partial charge in [0.25, 0.3) is 0 Å². The monoisotopic (exact) mass is 955 g/mol. The van der Waals surface area contributed by atoms with Crippen molar-refractivity contribution >= 4 is 27.5 Å². The van der Waals surface area contributed by atoms with Gasteiger partial charge < -0.3 is 25.0 Å². The number of aliphatic hydroxyl groups is 2. The van der Waals surface area contributed by atoms with E-state index in [0.29, 0.717) is 84.6 Å². The molecule has 0 amide bonds. The molecule has 0 bridgehead atoms. The molecule has 63 heavy (non-hydrogen) atoms. The van der Waals surface area contributed by atoms with Crippen molar-refractivity contribution in [3.05, 3.63) is 0 Å². The maximum Gasteiger partial charge on any atom is 0.150 e. The smallest absolute Gasteiger partial charge is 0.150 e. The van der Waals surface area contributed by atoms with Crippen molar-refractivity contribution in [2.24, 2.45) is 81.8 Å². The van der Waals surface area contributed by atoms with Crippen LogP contribution < -0.4 is 5.32 Å². The van der Waals surface area contributed by atoms with Crippen LogP contribution in [0.25, 0.3) is 0 Å². The molecule has 8 aliphatic carbocycles. The minimum Gasteiger partial charge on any atom is -0.387 e. The van der Waals surface area contributed by atoms with Crippen molar-refractivity contribution in [1.29, 1.82) is 0 Å². The fourth-order valence-corrected chi connectivity index (χ4v) is 17.3. The molecule has 0 spiro atoms. The third kappa shape index (κ3) is 10.6. The van der Waals surface area contributed by atoms with Crippen molar-refractivity contribution in [2.45, 2.75) is 155 Å². The highest BCUT2D eigenvalue weighted by atomic mass is 79.9. The van der Waals surface area contributed by atoms with Gasteiger partial charge in [-0.15, -0.1) is 0 Å². The van der Waals surface area contributed by atoms with Crippen molar-refractivity contribution in [1.82, 2.24) is 10.2 Å². The molecule has 16 atom stereocenters. The molecule has 2 saturated heterocycles. The van der Waals surface area contributed by atoms with Gasteiger partial charge in [0.2, 0.25) is 0 Å². The van der Waals surface area contributed by atoms with E-state index in [0.717, 1.165) is 115 Å². The summed E-state index contributed by atoms with van der Waals surface area (Å²) in [5.41, 5.74) is -1.72. The summed E-state index contributed by atoms with van der Waals surface area (Å²) in [6.07, 6.45) is 18.7. The number of ketones is 2. The first-order valence-corrected chi connectivity index (χ1v) is 26.2. The second kappa shape index (κ2) is 21.8. The summed E-state index contributed by atoms with van der Waals surface area (Å²) in [5, 5.41) is 24.6. The van der Waals surface area contributed by atoms with Crippen LogP contribution in [-0.4, -0.2) is 116 Å².